The van der Waals surface area contributed by atoms with Crippen LogP contribution >= 0.6 is 0 Å². The highest BCUT2D eigenvalue weighted by molar-refractivity contribution is 6.05. The van der Waals surface area contributed by atoms with Crippen LogP contribution in [0.1, 0.15) is 35.8 Å². The molecule has 0 aliphatic carbocycles. The Morgan fingerprint density at radius 3 is 2.42 bits per heavy atom. The molecule has 0 radical (unpaired) electrons. The second kappa shape index (κ2) is 6.33. The Morgan fingerprint density at radius 1 is 1.08 bits per heavy atom. The zero-order valence-electron chi connectivity index (χ0n) is 14.8. The molecule has 0 bridgehead atoms. The van der Waals surface area contributed by atoms with Gasteiger partial charge in [-0.3, -0.25) is 9.80 Å². The average molecular weight is 348 g/mol. The number of aromatic nitrogens is 1. The van der Waals surface area contributed by atoms with E-state index in [9.17, 15) is 9.59 Å². The Kier molecular flexibility index (Phi) is 3.99. The largest absolute Gasteiger partial charge is 0.462 e. The Labute approximate surface area is 151 Å². The lowest BCUT2D eigenvalue weighted by Gasteiger charge is -2.22. The van der Waals surface area contributed by atoms with E-state index in [1.54, 1.807) is 17.7 Å². The predicted octanol–water partition coefficient (Wildman–Crippen LogP) is 3.57. The Morgan fingerprint density at radius 2 is 1.73 bits per heavy atom. The Bertz CT molecular complexity index is 1040. The summed E-state index contributed by atoms with van der Waals surface area (Å²) in [6, 6.07) is 17.0. The lowest BCUT2D eigenvalue weighted by molar-refractivity contribution is 0.0526. The number of benzene rings is 2. The molecule has 0 amide bonds. The van der Waals surface area contributed by atoms with Gasteiger partial charge in [0.15, 0.2) is 0 Å². The second-order valence-corrected chi connectivity index (χ2v) is 6.46. The van der Waals surface area contributed by atoms with E-state index in [0.717, 1.165) is 11.4 Å². The van der Waals surface area contributed by atoms with Gasteiger partial charge in [0.05, 0.1) is 23.6 Å². The number of rotatable bonds is 3. The van der Waals surface area contributed by atoms with E-state index in [-0.39, 0.29) is 17.4 Å². The molecule has 0 N–H and O–H groups in total. The number of nitrogens with zero attached hydrogens (tertiary/aromatic N) is 2. The van der Waals surface area contributed by atoms with Crippen LogP contribution < -0.4 is 10.6 Å². The van der Waals surface area contributed by atoms with E-state index < -0.39 is 0 Å². The van der Waals surface area contributed by atoms with Crippen molar-refractivity contribution in [1.82, 2.24) is 4.68 Å². The number of carbonyl (C=O) groups excluding carboxylic acids is 1. The molecule has 0 spiro atoms. The second-order valence-electron chi connectivity index (χ2n) is 6.46. The van der Waals surface area contributed by atoms with Gasteiger partial charge >= 0.3 is 5.97 Å². The number of ether oxygens (including phenoxy) is 1. The molecule has 26 heavy (non-hydrogen) atoms. The minimum absolute atomic E-state index is 0.0203. The lowest BCUT2D eigenvalue weighted by Crippen LogP contribution is -2.36. The normalized spacial score (nSPS) is 15.9. The summed E-state index contributed by atoms with van der Waals surface area (Å²) in [5, 5.41) is 3.12. The molecular weight excluding hydrogens is 328 g/mol. The van der Waals surface area contributed by atoms with Gasteiger partial charge in [0, 0.05) is 23.2 Å². The molecule has 132 valence electrons. The molecule has 1 aromatic heterocycles. The molecule has 5 heteroatoms. The molecule has 5 nitrogen and oxygen atoms in total. The van der Waals surface area contributed by atoms with E-state index in [0.29, 0.717) is 29.5 Å². The van der Waals surface area contributed by atoms with E-state index in [1.165, 1.54) is 0 Å². The molecule has 1 aliphatic heterocycles. The van der Waals surface area contributed by atoms with Crippen LogP contribution in [-0.2, 0) is 4.74 Å². The fraction of sp³-hybridized carbons (Fsp3) is 0.238. The van der Waals surface area contributed by atoms with E-state index in [2.05, 4.69) is 0 Å². The summed E-state index contributed by atoms with van der Waals surface area (Å²) in [6.45, 7) is 4.74. The summed E-state index contributed by atoms with van der Waals surface area (Å²) in [6.07, 6.45) is 0. The van der Waals surface area contributed by atoms with Gasteiger partial charge in [-0.15, -0.1) is 0 Å². The number of hydrogen-bond donors (Lipinski definition) is 0. The van der Waals surface area contributed by atoms with Crippen LogP contribution in [0.25, 0.3) is 10.8 Å². The molecule has 1 atom stereocenters. The SMILES string of the molecule is CCOC(=O)c1c2n(c(=O)c3ccccc13)N(c1ccccc1)CC2C. The first-order valence-corrected chi connectivity index (χ1v) is 8.81. The van der Waals surface area contributed by atoms with E-state index in [1.807, 2.05) is 60.5 Å². The van der Waals surface area contributed by atoms with Gasteiger partial charge in [-0.05, 0) is 25.1 Å². The van der Waals surface area contributed by atoms with Gasteiger partial charge in [0.1, 0.15) is 0 Å². The number of pyridine rings is 1. The van der Waals surface area contributed by atoms with E-state index in [4.69, 9.17) is 4.74 Å². The zero-order chi connectivity index (χ0) is 18.3. The minimum Gasteiger partial charge on any atom is -0.462 e. The van der Waals surface area contributed by atoms with Gasteiger partial charge in [0.2, 0.25) is 0 Å². The van der Waals surface area contributed by atoms with Gasteiger partial charge in [-0.1, -0.05) is 43.3 Å². The number of fused-ring (bicyclic) bond motifs is 2. The van der Waals surface area contributed by atoms with Crippen molar-refractivity contribution in [2.45, 2.75) is 19.8 Å². The monoisotopic (exact) mass is 348 g/mol. The molecule has 1 aliphatic rings. The first-order chi connectivity index (χ1) is 12.6. The van der Waals surface area contributed by atoms with Crippen LogP contribution in [0.5, 0.6) is 0 Å². The molecule has 4 rings (SSSR count). The average Bonchev–Trinajstić information content (AvgIpc) is 3.01. The van der Waals surface area contributed by atoms with Gasteiger partial charge < -0.3 is 4.74 Å². The lowest BCUT2D eigenvalue weighted by atomic mass is 9.98. The predicted molar refractivity (Wildman–Crippen MR) is 102 cm³/mol. The van der Waals surface area contributed by atoms with Crippen molar-refractivity contribution in [3.63, 3.8) is 0 Å². The van der Waals surface area contributed by atoms with Crippen LogP contribution in [0.15, 0.2) is 59.4 Å². The number of esters is 1. The molecule has 2 heterocycles. The third kappa shape index (κ3) is 2.39. The van der Waals surface area contributed by atoms with E-state index >= 15 is 0 Å². The maximum Gasteiger partial charge on any atom is 0.340 e. The maximum absolute atomic E-state index is 13.3. The van der Waals surface area contributed by atoms with Crippen molar-refractivity contribution in [3.05, 3.63) is 76.2 Å². The molecular formula is C21H20N2O3. The summed E-state index contributed by atoms with van der Waals surface area (Å²) in [4.78, 5) is 26.0. The first kappa shape index (κ1) is 16.4. The number of para-hydroxylation sites is 1. The van der Waals surface area contributed by atoms with Gasteiger partial charge in [-0.2, -0.15) is 0 Å². The third-order valence-electron chi connectivity index (χ3n) is 4.79. The highest BCUT2D eigenvalue weighted by atomic mass is 16.5. The summed E-state index contributed by atoms with van der Waals surface area (Å²) in [7, 11) is 0. The summed E-state index contributed by atoms with van der Waals surface area (Å²) in [5.41, 5.74) is 2.02. The van der Waals surface area contributed by atoms with Gasteiger partial charge in [-0.25, -0.2) is 9.47 Å². The van der Waals surface area contributed by atoms with Crippen molar-refractivity contribution >= 4 is 22.4 Å². The molecule has 0 saturated carbocycles. The minimum atomic E-state index is -0.380. The molecule has 0 saturated heterocycles. The summed E-state index contributed by atoms with van der Waals surface area (Å²) < 4.78 is 6.97. The summed E-state index contributed by atoms with van der Waals surface area (Å²) in [5.74, 6) is -0.360. The zero-order valence-corrected chi connectivity index (χ0v) is 14.8. The Balaban J connectivity index is 2.06. The van der Waals surface area contributed by atoms with Crippen LogP contribution in [0, 0.1) is 0 Å². The van der Waals surface area contributed by atoms with Crippen LogP contribution in [0.2, 0.25) is 0 Å². The van der Waals surface area contributed by atoms with Crippen molar-refractivity contribution in [2.24, 2.45) is 0 Å². The molecule has 3 aromatic rings. The third-order valence-corrected chi connectivity index (χ3v) is 4.79. The number of hydrogen-bond acceptors (Lipinski definition) is 4. The Hall–Kier alpha value is -3.08. The highest BCUT2D eigenvalue weighted by Gasteiger charge is 2.34. The van der Waals surface area contributed by atoms with Crippen LogP contribution in [0.4, 0.5) is 5.69 Å². The van der Waals surface area contributed by atoms with Crippen molar-refractivity contribution in [2.75, 3.05) is 18.2 Å². The maximum atomic E-state index is 13.3. The quantitative estimate of drug-likeness (QED) is 0.679. The molecule has 0 fully saturated rings. The van der Waals surface area contributed by atoms with Crippen molar-refractivity contribution in [3.8, 4) is 0 Å². The smallest absolute Gasteiger partial charge is 0.340 e. The van der Waals surface area contributed by atoms with Crippen molar-refractivity contribution in [1.29, 1.82) is 0 Å². The fourth-order valence-corrected chi connectivity index (χ4v) is 3.72. The molecule has 1 unspecified atom stereocenters. The first-order valence-electron chi connectivity index (χ1n) is 8.81. The standard InChI is InChI=1S/C21H20N2O3/c1-3-26-21(25)18-16-11-7-8-12-17(16)20(24)23-19(18)14(2)13-22(23)15-9-5-4-6-10-15/h4-12,14H,3,13H2,1-2H3. The summed E-state index contributed by atoms with van der Waals surface area (Å²) >= 11 is 0. The topological polar surface area (TPSA) is 51.5 Å². The van der Waals surface area contributed by atoms with Crippen LogP contribution in [-0.4, -0.2) is 23.8 Å². The number of carbonyl (C=O) groups is 1. The number of anilines is 1. The van der Waals surface area contributed by atoms with Crippen molar-refractivity contribution < 1.29 is 9.53 Å². The highest BCUT2D eigenvalue weighted by Crippen LogP contribution is 2.34. The van der Waals surface area contributed by atoms with Crippen LogP contribution in [0.3, 0.4) is 0 Å². The fourth-order valence-electron chi connectivity index (χ4n) is 3.72. The van der Waals surface area contributed by atoms with Gasteiger partial charge in [0.25, 0.3) is 5.56 Å². The molecule has 2 aromatic carbocycles.